The Hall–Kier alpha value is -2.57. The molecule has 0 aromatic heterocycles. The van der Waals surface area contributed by atoms with Crippen molar-refractivity contribution in [2.24, 2.45) is 0 Å². The first-order valence-electron chi connectivity index (χ1n) is 7.93. The molecule has 0 saturated carbocycles. The second kappa shape index (κ2) is 8.00. The van der Waals surface area contributed by atoms with Gasteiger partial charge in [-0.15, -0.1) is 0 Å². The minimum absolute atomic E-state index is 0.00669. The van der Waals surface area contributed by atoms with E-state index in [1.54, 1.807) is 6.07 Å². The van der Waals surface area contributed by atoms with Crippen LogP contribution < -0.4 is 20.1 Å². The first-order valence-corrected chi connectivity index (χ1v) is 7.93. The second-order valence-electron chi connectivity index (χ2n) is 5.41. The minimum atomic E-state index is -4.41. The van der Waals surface area contributed by atoms with Crippen LogP contribution in [0.3, 0.4) is 0 Å². The van der Waals surface area contributed by atoms with Gasteiger partial charge in [-0.1, -0.05) is 6.07 Å². The second-order valence-corrected chi connectivity index (χ2v) is 5.41. The molecule has 4 nitrogen and oxygen atoms in total. The van der Waals surface area contributed by atoms with Gasteiger partial charge in [0.2, 0.25) is 0 Å². The van der Waals surface area contributed by atoms with Gasteiger partial charge in [-0.25, -0.2) is 0 Å². The minimum Gasteiger partial charge on any atom is -0.484 e. The summed E-state index contributed by atoms with van der Waals surface area (Å²) in [6.07, 6.45) is -4.41. The zero-order valence-corrected chi connectivity index (χ0v) is 14.1. The van der Waals surface area contributed by atoms with E-state index in [1.165, 1.54) is 18.2 Å². The number of hydrogen-bond acceptors (Lipinski definition) is 4. The normalized spacial score (nSPS) is 11.2. The Morgan fingerprint density at radius 3 is 2.28 bits per heavy atom. The van der Waals surface area contributed by atoms with Crippen LogP contribution in [-0.4, -0.2) is 25.9 Å². The van der Waals surface area contributed by atoms with Crippen molar-refractivity contribution in [3.63, 3.8) is 0 Å². The van der Waals surface area contributed by atoms with Crippen LogP contribution in [0, 0.1) is 0 Å². The molecule has 7 heteroatoms. The predicted molar refractivity (Wildman–Crippen MR) is 92.5 cm³/mol. The molecule has 0 fully saturated rings. The van der Waals surface area contributed by atoms with E-state index in [9.17, 15) is 13.2 Å². The topological polar surface area (TPSA) is 47.7 Å². The first kappa shape index (κ1) is 18.8. The molecule has 2 aromatic rings. The molecular weight excluding hydrogens is 333 g/mol. The molecule has 0 heterocycles. The summed E-state index contributed by atoms with van der Waals surface area (Å²) in [5.41, 5.74) is 6.98. The number of nitrogens with zero attached hydrogens (tertiary/aromatic N) is 1. The lowest BCUT2D eigenvalue weighted by Crippen LogP contribution is -2.21. The van der Waals surface area contributed by atoms with E-state index in [4.69, 9.17) is 15.2 Å². The monoisotopic (exact) mass is 354 g/mol. The highest BCUT2D eigenvalue weighted by Gasteiger charge is 2.28. The number of nitrogen functional groups attached to an aromatic ring is 1. The highest BCUT2D eigenvalue weighted by Crippen LogP contribution is 2.31. The molecule has 2 N–H and O–H groups in total. The molecule has 0 spiro atoms. The van der Waals surface area contributed by atoms with Gasteiger partial charge in [0.15, 0.2) is 6.61 Å². The van der Waals surface area contributed by atoms with E-state index in [0.717, 1.165) is 18.8 Å². The molecule has 0 unspecified atom stereocenters. The van der Waals surface area contributed by atoms with Crippen molar-refractivity contribution in [3.05, 3.63) is 42.5 Å². The first-order chi connectivity index (χ1) is 11.8. The third kappa shape index (κ3) is 5.77. The summed E-state index contributed by atoms with van der Waals surface area (Å²) >= 11 is 0. The third-order valence-electron chi connectivity index (χ3n) is 3.49. The fraction of sp³-hybridized carbons (Fsp3) is 0.333. The number of anilines is 2. The average Bonchev–Trinajstić information content (AvgIpc) is 2.53. The molecule has 0 aliphatic carbocycles. The van der Waals surface area contributed by atoms with Crippen molar-refractivity contribution in [3.8, 4) is 17.2 Å². The number of ether oxygens (including phenoxy) is 2. The lowest BCUT2D eigenvalue weighted by atomic mass is 10.2. The summed E-state index contributed by atoms with van der Waals surface area (Å²) in [7, 11) is 0. The molecule has 2 aromatic carbocycles. The summed E-state index contributed by atoms with van der Waals surface area (Å²) in [5.74, 6) is 0.887. The maximum Gasteiger partial charge on any atom is 0.422 e. The van der Waals surface area contributed by atoms with Gasteiger partial charge in [-0.2, -0.15) is 13.2 Å². The van der Waals surface area contributed by atoms with Crippen LogP contribution in [0.1, 0.15) is 13.8 Å². The number of halogens is 3. The van der Waals surface area contributed by atoms with Gasteiger partial charge in [-0.3, -0.25) is 0 Å². The number of benzene rings is 2. The lowest BCUT2D eigenvalue weighted by Gasteiger charge is -2.21. The van der Waals surface area contributed by atoms with E-state index >= 15 is 0 Å². The lowest BCUT2D eigenvalue weighted by molar-refractivity contribution is -0.153. The van der Waals surface area contributed by atoms with Gasteiger partial charge in [-0.05, 0) is 26.0 Å². The van der Waals surface area contributed by atoms with Gasteiger partial charge < -0.3 is 20.1 Å². The molecule has 0 amide bonds. The van der Waals surface area contributed by atoms with Gasteiger partial charge in [0, 0.05) is 48.7 Å². The molecule has 0 saturated heterocycles. The van der Waals surface area contributed by atoms with Crippen molar-refractivity contribution >= 4 is 11.4 Å². The molecular formula is C18H21F3N2O2. The largest absolute Gasteiger partial charge is 0.484 e. The van der Waals surface area contributed by atoms with E-state index in [-0.39, 0.29) is 11.4 Å². The standard InChI is InChI=1S/C18H21F3N2O2/c1-3-23(4-2)14-6-5-7-15(10-14)25-17-9-13(22)8-16(11-17)24-12-18(19,20)21/h5-11H,3-4,12,22H2,1-2H3. The Morgan fingerprint density at radius 2 is 1.64 bits per heavy atom. The number of hydrogen-bond donors (Lipinski definition) is 1. The smallest absolute Gasteiger partial charge is 0.422 e. The number of alkyl halides is 3. The Balaban J connectivity index is 2.17. The maximum absolute atomic E-state index is 12.3. The predicted octanol–water partition coefficient (Wildman–Crippen LogP) is 4.85. The SMILES string of the molecule is CCN(CC)c1cccc(Oc2cc(N)cc(OCC(F)(F)F)c2)c1. The van der Waals surface area contributed by atoms with Crippen LogP contribution in [0.2, 0.25) is 0 Å². The number of nitrogens with two attached hydrogens (primary N) is 1. The fourth-order valence-electron chi connectivity index (χ4n) is 2.37. The molecule has 25 heavy (non-hydrogen) atoms. The van der Waals surface area contributed by atoms with Gasteiger partial charge >= 0.3 is 6.18 Å². The van der Waals surface area contributed by atoms with Crippen LogP contribution >= 0.6 is 0 Å². The average molecular weight is 354 g/mol. The zero-order valence-electron chi connectivity index (χ0n) is 14.1. The van der Waals surface area contributed by atoms with E-state index < -0.39 is 12.8 Å². The quantitative estimate of drug-likeness (QED) is 0.722. The van der Waals surface area contributed by atoms with Gasteiger partial charge in [0.05, 0.1) is 0 Å². The zero-order chi connectivity index (χ0) is 18.4. The van der Waals surface area contributed by atoms with Crippen molar-refractivity contribution in [2.45, 2.75) is 20.0 Å². The van der Waals surface area contributed by atoms with Crippen molar-refractivity contribution in [1.29, 1.82) is 0 Å². The summed E-state index contributed by atoms with van der Waals surface area (Å²) in [6, 6.07) is 11.7. The molecule has 0 bridgehead atoms. The van der Waals surface area contributed by atoms with E-state index in [1.807, 2.05) is 18.2 Å². The summed E-state index contributed by atoms with van der Waals surface area (Å²) in [5, 5.41) is 0. The Kier molecular flexibility index (Phi) is 6.01. The molecule has 0 atom stereocenters. The maximum atomic E-state index is 12.3. The molecule has 2 rings (SSSR count). The van der Waals surface area contributed by atoms with Crippen molar-refractivity contribution < 1.29 is 22.6 Å². The van der Waals surface area contributed by atoms with Crippen LogP contribution in [0.5, 0.6) is 17.2 Å². The Labute approximate surface area is 145 Å². The Morgan fingerprint density at radius 1 is 0.960 bits per heavy atom. The van der Waals surface area contributed by atoms with Crippen LogP contribution in [0.15, 0.2) is 42.5 Å². The highest BCUT2D eigenvalue weighted by atomic mass is 19.4. The van der Waals surface area contributed by atoms with Crippen molar-refractivity contribution in [2.75, 3.05) is 30.3 Å². The fourth-order valence-corrected chi connectivity index (χ4v) is 2.37. The van der Waals surface area contributed by atoms with Gasteiger partial charge in [0.25, 0.3) is 0 Å². The summed E-state index contributed by atoms with van der Waals surface area (Å²) < 4.78 is 47.3. The van der Waals surface area contributed by atoms with Crippen LogP contribution in [0.25, 0.3) is 0 Å². The van der Waals surface area contributed by atoms with Crippen LogP contribution in [-0.2, 0) is 0 Å². The van der Waals surface area contributed by atoms with Crippen LogP contribution in [0.4, 0.5) is 24.5 Å². The molecule has 0 radical (unpaired) electrons. The Bertz CT molecular complexity index is 701. The summed E-state index contributed by atoms with van der Waals surface area (Å²) in [6.45, 7) is 4.44. The van der Waals surface area contributed by atoms with E-state index in [2.05, 4.69) is 18.7 Å². The van der Waals surface area contributed by atoms with Gasteiger partial charge in [0.1, 0.15) is 17.2 Å². The highest BCUT2D eigenvalue weighted by molar-refractivity contribution is 5.54. The van der Waals surface area contributed by atoms with E-state index in [0.29, 0.717) is 11.5 Å². The number of rotatable bonds is 7. The molecule has 0 aliphatic heterocycles. The third-order valence-corrected chi connectivity index (χ3v) is 3.49. The molecule has 0 aliphatic rings. The molecule has 136 valence electrons. The van der Waals surface area contributed by atoms with Crippen molar-refractivity contribution in [1.82, 2.24) is 0 Å². The summed E-state index contributed by atoms with van der Waals surface area (Å²) in [4.78, 5) is 2.16.